The van der Waals surface area contributed by atoms with Crippen molar-refractivity contribution in [3.05, 3.63) is 29.8 Å². The maximum Gasteiger partial charge on any atom is 0.235 e. The van der Waals surface area contributed by atoms with Gasteiger partial charge in [0, 0.05) is 18.8 Å². The first-order chi connectivity index (χ1) is 11.5. The average Bonchev–Trinajstić information content (AvgIpc) is 2.61. The Morgan fingerprint density at radius 3 is 2.44 bits per heavy atom. The van der Waals surface area contributed by atoms with Crippen LogP contribution in [-0.2, 0) is 9.59 Å². The molecule has 2 rings (SSSR count). The van der Waals surface area contributed by atoms with Crippen molar-refractivity contribution in [2.75, 3.05) is 30.7 Å². The number of carbonyl (C=O) groups excluding carboxylic acids is 2. The number of thioether (sulfide) groups is 1. The van der Waals surface area contributed by atoms with E-state index in [2.05, 4.69) is 5.32 Å². The average molecular weight is 386 g/mol. The van der Waals surface area contributed by atoms with E-state index < -0.39 is 0 Å². The molecular formula is C18H28ClN3O2S. The van der Waals surface area contributed by atoms with Gasteiger partial charge in [-0.05, 0) is 51.3 Å². The highest BCUT2D eigenvalue weighted by atomic mass is 35.5. The van der Waals surface area contributed by atoms with Gasteiger partial charge in [-0.2, -0.15) is 0 Å². The second-order valence-corrected chi connectivity index (χ2v) is 7.70. The second kappa shape index (κ2) is 10.7. The molecule has 1 heterocycles. The molecule has 0 aliphatic carbocycles. The molecule has 1 fully saturated rings. The number of nitrogens with zero attached hydrogens (tertiary/aromatic N) is 1. The van der Waals surface area contributed by atoms with E-state index in [4.69, 9.17) is 5.73 Å². The lowest BCUT2D eigenvalue weighted by atomic mass is 9.97. The topological polar surface area (TPSA) is 75.4 Å². The number of rotatable bonds is 6. The highest BCUT2D eigenvalue weighted by Crippen LogP contribution is 2.20. The number of hydrogen-bond donors (Lipinski definition) is 2. The van der Waals surface area contributed by atoms with Gasteiger partial charge in [-0.1, -0.05) is 17.7 Å². The minimum Gasteiger partial charge on any atom is -0.342 e. The van der Waals surface area contributed by atoms with Gasteiger partial charge in [-0.15, -0.1) is 24.2 Å². The molecular weight excluding hydrogens is 358 g/mol. The summed E-state index contributed by atoms with van der Waals surface area (Å²) in [6.07, 6.45) is 1.96. The number of amides is 2. The van der Waals surface area contributed by atoms with Gasteiger partial charge in [0.25, 0.3) is 0 Å². The van der Waals surface area contributed by atoms with Gasteiger partial charge in [-0.25, -0.2) is 0 Å². The highest BCUT2D eigenvalue weighted by molar-refractivity contribution is 8.01. The molecule has 5 nitrogen and oxygen atoms in total. The number of carbonyl (C=O) groups is 2. The summed E-state index contributed by atoms with van der Waals surface area (Å²) in [5, 5.41) is 2.65. The number of hydrogen-bond acceptors (Lipinski definition) is 4. The zero-order valence-corrected chi connectivity index (χ0v) is 16.5. The smallest absolute Gasteiger partial charge is 0.235 e. The van der Waals surface area contributed by atoms with Crippen LogP contribution in [0.5, 0.6) is 0 Å². The van der Waals surface area contributed by atoms with Gasteiger partial charge in [0.2, 0.25) is 11.8 Å². The van der Waals surface area contributed by atoms with E-state index in [1.807, 2.05) is 43.0 Å². The fraction of sp³-hybridized carbons (Fsp3) is 0.556. The summed E-state index contributed by atoms with van der Waals surface area (Å²) in [4.78, 5) is 26.4. The van der Waals surface area contributed by atoms with E-state index in [-0.39, 0.29) is 35.2 Å². The summed E-state index contributed by atoms with van der Waals surface area (Å²) in [6, 6.07) is 7.68. The molecule has 0 radical (unpaired) electrons. The number of nitrogens with two attached hydrogens (primary N) is 1. The number of nitrogens with one attached hydrogen (secondary N) is 1. The van der Waals surface area contributed by atoms with E-state index in [0.717, 1.165) is 37.2 Å². The Bertz CT molecular complexity index is 560. The van der Waals surface area contributed by atoms with Crippen molar-refractivity contribution in [1.29, 1.82) is 0 Å². The molecule has 1 atom stereocenters. The van der Waals surface area contributed by atoms with Crippen LogP contribution in [0, 0.1) is 12.8 Å². The van der Waals surface area contributed by atoms with Crippen molar-refractivity contribution in [3.8, 4) is 0 Å². The standard InChI is InChI=1S/C18H27N3O2S.ClH/c1-13-3-5-16(6-4-13)20-17(22)12-24-14(2)18(23)21-9-7-15(11-19)8-10-21;/h3-6,14-15H,7-12,19H2,1-2H3,(H,20,22);1H. The highest BCUT2D eigenvalue weighted by Gasteiger charge is 2.26. The number of halogens is 1. The number of piperidine rings is 1. The molecule has 0 bridgehead atoms. The summed E-state index contributed by atoms with van der Waals surface area (Å²) in [5.41, 5.74) is 7.62. The van der Waals surface area contributed by atoms with Crippen LogP contribution in [0.1, 0.15) is 25.3 Å². The molecule has 1 unspecified atom stereocenters. The summed E-state index contributed by atoms with van der Waals surface area (Å²) in [6.45, 7) is 6.14. The van der Waals surface area contributed by atoms with Crippen LogP contribution in [0.4, 0.5) is 5.69 Å². The Kier molecular flexibility index (Phi) is 9.32. The zero-order valence-electron chi connectivity index (χ0n) is 14.9. The largest absolute Gasteiger partial charge is 0.342 e. The molecule has 25 heavy (non-hydrogen) atoms. The normalized spacial score (nSPS) is 16.0. The lowest BCUT2D eigenvalue weighted by Crippen LogP contribution is -2.43. The number of anilines is 1. The fourth-order valence-electron chi connectivity index (χ4n) is 2.75. The minimum atomic E-state index is -0.205. The first kappa shape index (κ1) is 21.8. The van der Waals surface area contributed by atoms with Crippen LogP contribution in [0.25, 0.3) is 0 Å². The molecule has 3 N–H and O–H groups in total. The summed E-state index contributed by atoms with van der Waals surface area (Å²) < 4.78 is 0. The van der Waals surface area contributed by atoms with Crippen molar-refractivity contribution in [1.82, 2.24) is 4.90 Å². The molecule has 140 valence electrons. The van der Waals surface area contributed by atoms with Crippen molar-refractivity contribution in [3.63, 3.8) is 0 Å². The Balaban J connectivity index is 0.00000312. The molecule has 1 saturated heterocycles. The Morgan fingerprint density at radius 1 is 1.28 bits per heavy atom. The number of likely N-dealkylation sites (tertiary alicyclic amines) is 1. The SMILES string of the molecule is Cc1ccc(NC(=O)CSC(C)C(=O)N2CCC(CN)CC2)cc1.Cl. The lowest BCUT2D eigenvalue weighted by molar-refractivity contribution is -0.131. The molecule has 0 spiro atoms. The Morgan fingerprint density at radius 2 is 1.88 bits per heavy atom. The third-order valence-corrected chi connectivity index (χ3v) is 5.54. The predicted octanol–water partition coefficient (Wildman–Crippen LogP) is 2.67. The first-order valence-corrected chi connectivity index (χ1v) is 9.51. The molecule has 1 aliphatic rings. The van der Waals surface area contributed by atoms with Gasteiger partial charge in [0.1, 0.15) is 0 Å². The molecule has 1 aliphatic heterocycles. The van der Waals surface area contributed by atoms with Crippen molar-refractivity contribution < 1.29 is 9.59 Å². The number of aryl methyl sites for hydroxylation is 1. The maximum absolute atomic E-state index is 12.4. The van der Waals surface area contributed by atoms with Crippen LogP contribution in [-0.4, -0.2) is 47.4 Å². The van der Waals surface area contributed by atoms with Crippen molar-refractivity contribution in [2.45, 2.75) is 31.9 Å². The van der Waals surface area contributed by atoms with E-state index >= 15 is 0 Å². The van der Waals surface area contributed by atoms with Crippen LogP contribution >= 0.6 is 24.2 Å². The van der Waals surface area contributed by atoms with Crippen LogP contribution in [0.15, 0.2) is 24.3 Å². The Hall–Kier alpha value is -1.24. The molecule has 1 aromatic carbocycles. The third kappa shape index (κ3) is 6.88. The van der Waals surface area contributed by atoms with Crippen molar-refractivity contribution in [2.24, 2.45) is 11.7 Å². The van der Waals surface area contributed by atoms with Gasteiger partial charge in [0.05, 0.1) is 11.0 Å². The van der Waals surface area contributed by atoms with E-state index in [1.165, 1.54) is 11.8 Å². The second-order valence-electron chi connectivity index (χ2n) is 6.37. The summed E-state index contributed by atoms with van der Waals surface area (Å²) in [5.74, 6) is 0.862. The Labute approximate surface area is 160 Å². The molecule has 2 amide bonds. The third-order valence-electron chi connectivity index (χ3n) is 4.41. The molecule has 0 aromatic heterocycles. The first-order valence-electron chi connectivity index (χ1n) is 8.46. The summed E-state index contributed by atoms with van der Waals surface area (Å²) in [7, 11) is 0. The molecule has 7 heteroatoms. The molecule has 1 aromatic rings. The van der Waals surface area contributed by atoms with Gasteiger partial charge < -0.3 is 16.0 Å². The zero-order chi connectivity index (χ0) is 17.5. The van der Waals surface area contributed by atoms with E-state index in [9.17, 15) is 9.59 Å². The van der Waals surface area contributed by atoms with E-state index in [0.29, 0.717) is 12.5 Å². The quantitative estimate of drug-likeness (QED) is 0.789. The lowest BCUT2D eigenvalue weighted by Gasteiger charge is -2.33. The summed E-state index contributed by atoms with van der Waals surface area (Å²) >= 11 is 1.39. The van der Waals surface area contributed by atoms with Crippen molar-refractivity contribution >= 4 is 41.7 Å². The molecule has 0 saturated carbocycles. The fourth-order valence-corrected chi connectivity index (χ4v) is 3.52. The monoisotopic (exact) mass is 385 g/mol. The van der Waals surface area contributed by atoms with Crippen LogP contribution in [0.2, 0.25) is 0 Å². The predicted molar refractivity (Wildman–Crippen MR) is 107 cm³/mol. The minimum absolute atomic E-state index is 0. The van der Waals surface area contributed by atoms with Gasteiger partial charge in [0.15, 0.2) is 0 Å². The van der Waals surface area contributed by atoms with Crippen LogP contribution in [0.3, 0.4) is 0 Å². The number of benzene rings is 1. The van der Waals surface area contributed by atoms with Gasteiger partial charge in [-0.3, -0.25) is 9.59 Å². The maximum atomic E-state index is 12.4. The van der Waals surface area contributed by atoms with E-state index in [1.54, 1.807) is 0 Å². The van der Waals surface area contributed by atoms with Crippen LogP contribution < -0.4 is 11.1 Å². The van der Waals surface area contributed by atoms with Gasteiger partial charge >= 0.3 is 0 Å².